The predicted molar refractivity (Wildman–Crippen MR) is 78.6 cm³/mol. The lowest BCUT2D eigenvalue weighted by molar-refractivity contribution is -0.00862. The fraction of sp³-hybridized carbons (Fsp3) is 0.600. The van der Waals surface area contributed by atoms with Crippen LogP contribution in [0, 0.1) is 0 Å². The topological polar surface area (TPSA) is 77.2 Å². The molecule has 0 aromatic carbocycles. The summed E-state index contributed by atoms with van der Waals surface area (Å²) in [4.78, 5) is 16.4. The number of pyridine rings is 1. The smallest absolute Gasteiger partial charge is 0.251 e. The molecular weight excluding hydrogens is 254 g/mol. The number of nitrogens with one attached hydrogen (secondary N) is 1. The zero-order valence-corrected chi connectivity index (χ0v) is 12.3. The van der Waals surface area contributed by atoms with Gasteiger partial charge in [0.25, 0.3) is 5.91 Å². The second kappa shape index (κ2) is 6.22. The van der Waals surface area contributed by atoms with Crippen molar-refractivity contribution in [3.05, 3.63) is 23.4 Å². The number of amides is 1. The molecule has 1 aromatic heterocycles. The fourth-order valence-corrected chi connectivity index (χ4v) is 2.32. The molecule has 0 aliphatic heterocycles. The second-order valence-corrected chi connectivity index (χ2v) is 5.58. The standard InChI is InChI=1S/C15H23N3O2/c1-4-20-12-7-11(8-12)17-15(19)10-5-13(9(2)3)18-14(16)6-10/h5-6,9,11-12H,4,7-8H2,1-3H3,(H2,16,18)(H,17,19). The third-order valence-corrected chi connectivity index (χ3v) is 3.55. The number of nitrogen functional groups attached to an aromatic ring is 1. The number of hydrogen-bond donors (Lipinski definition) is 2. The molecule has 2 rings (SSSR count). The van der Waals surface area contributed by atoms with E-state index in [-0.39, 0.29) is 17.9 Å². The number of anilines is 1. The number of carbonyl (C=O) groups excluding carboxylic acids is 1. The molecule has 5 nitrogen and oxygen atoms in total. The Morgan fingerprint density at radius 3 is 2.80 bits per heavy atom. The molecule has 1 aromatic rings. The van der Waals surface area contributed by atoms with Gasteiger partial charge in [-0.25, -0.2) is 4.98 Å². The summed E-state index contributed by atoms with van der Waals surface area (Å²) in [5, 5.41) is 3.01. The van der Waals surface area contributed by atoms with E-state index in [1.54, 1.807) is 6.07 Å². The highest BCUT2D eigenvalue weighted by molar-refractivity contribution is 5.95. The zero-order chi connectivity index (χ0) is 14.7. The molecule has 0 unspecified atom stereocenters. The molecule has 0 saturated heterocycles. The average Bonchev–Trinajstić information content (AvgIpc) is 2.35. The average molecular weight is 277 g/mol. The van der Waals surface area contributed by atoms with Crippen LogP contribution in [0.5, 0.6) is 0 Å². The summed E-state index contributed by atoms with van der Waals surface area (Å²) in [6.07, 6.45) is 2.06. The molecule has 0 radical (unpaired) electrons. The van der Waals surface area contributed by atoms with Crippen LogP contribution in [0.3, 0.4) is 0 Å². The minimum absolute atomic E-state index is 0.0825. The molecule has 1 fully saturated rings. The van der Waals surface area contributed by atoms with Crippen LogP contribution in [0.4, 0.5) is 5.82 Å². The Bertz CT molecular complexity index is 482. The van der Waals surface area contributed by atoms with Gasteiger partial charge in [0.15, 0.2) is 0 Å². The van der Waals surface area contributed by atoms with E-state index < -0.39 is 0 Å². The Labute approximate surface area is 119 Å². The van der Waals surface area contributed by atoms with E-state index in [2.05, 4.69) is 10.3 Å². The monoisotopic (exact) mass is 277 g/mol. The molecule has 20 heavy (non-hydrogen) atoms. The summed E-state index contributed by atoms with van der Waals surface area (Å²) in [5.41, 5.74) is 7.19. The Hall–Kier alpha value is -1.62. The minimum atomic E-state index is -0.0825. The fourth-order valence-electron chi connectivity index (χ4n) is 2.32. The van der Waals surface area contributed by atoms with Gasteiger partial charge in [-0.15, -0.1) is 0 Å². The van der Waals surface area contributed by atoms with Gasteiger partial charge in [0.2, 0.25) is 0 Å². The van der Waals surface area contributed by atoms with Crippen LogP contribution in [0.1, 0.15) is 55.6 Å². The summed E-state index contributed by atoms with van der Waals surface area (Å²) >= 11 is 0. The first-order chi connectivity index (χ1) is 9.49. The van der Waals surface area contributed by atoms with Crippen molar-refractivity contribution < 1.29 is 9.53 Å². The molecular formula is C15H23N3O2. The van der Waals surface area contributed by atoms with Crippen LogP contribution in [-0.4, -0.2) is 29.6 Å². The van der Waals surface area contributed by atoms with Crippen molar-refractivity contribution in [3.63, 3.8) is 0 Å². The first-order valence-corrected chi connectivity index (χ1v) is 7.19. The van der Waals surface area contributed by atoms with Crippen molar-refractivity contribution in [1.29, 1.82) is 0 Å². The number of carbonyl (C=O) groups is 1. The Morgan fingerprint density at radius 2 is 2.20 bits per heavy atom. The van der Waals surface area contributed by atoms with Gasteiger partial charge in [-0.2, -0.15) is 0 Å². The van der Waals surface area contributed by atoms with E-state index in [1.807, 2.05) is 26.8 Å². The van der Waals surface area contributed by atoms with Crippen molar-refractivity contribution in [2.24, 2.45) is 0 Å². The highest BCUT2D eigenvalue weighted by atomic mass is 16.5. The van der Waals surface area contributed by atoms with Crippen LogP contribution in [0.25, 0.3) is 0 Å². The van der Waals surface area contributed by atoms with Gasteiger partial charge in [-0.05, 0) is 37.8 Å². The normalized spacial score (nSPS) is 21.6. The summed E-state index contributed by atoms with van der Waals surface area (Å²) < 4.78 is 5.48. The van der Waals surface area contributed by atoms with Gasteiger partial charge in [-0.3, -0.25) is 4.79 Å². The van der Waals surface area contributed by atoms with Gasteiger partial charge in [0.1, 0.15) is 5.82 Å². The van der Waals surface area contributed by atoms with Crippen LogP contribution in [-0.2, 0) is 4.74 Å². The van der Waals surface area contributed by atoms with E-state index in [1.165, 1.54) is 0 Å². The van der Waals surface area contributed by atoms with Crippen molar-refractivity contribution in [1.82, 2.24) is 10.3 Å². The molecule has 1 heterocycles. The van der Waals surface area contributed by atoms with Gasteiger partial charge >= 0.3 is 0 Å². The molecule has 110 valence electrons. The Kier molecular flexibility index (Phi) is 4.60. The van der Waals surface area contributed by atoms with Gasteiger partial charge < -0.3 is 15.8 Å². The van der Waals surface area contributed by atoms with E-state index in [0.717, 1.165) is 25.1 Å². The van der Waals surface area contributed by atoms with Gasteiger partial charge in [0, 0.05) is 23.9 Å². The number of rotatable bonds is 5. The van der Waals surface area contributed by atoms with Crippen molar-refractivity contribution >= 4 is 11.7 Å². The Morgan fingerprint density at radius 1 is 1.50 bits per heavy atom. The van der Waals surface area contributed by atoms with Crippen molar-refractivity contribution in [2.45, 2.75) is 51.7 Å². The molecule has 3 N–H and O–H groups in total. The molecule has 0 spiro atoms. The second-order valence-electron chi connectivity index (χ2n) is 5.58. The van der Waals surface area contributed by atoms with Gasteiger partial charge in [0.05, 0.1) is 6.10 Å². The van der Waals surface area contributed by atoms with Crippen LogP contribution in [0.2, 0.25) is 0 Å². The number of nitrogens with zero attached hydrogens (tertiary/aromatic N) is 1. The molecule has 5 heteroatoms. The highest BCUT2D eigenvalue weighted by Crippen LogP contribution is 2.24. The highest BCUT2D eigenvalue weighted by Gasteiger charge is 2.30. The number of nitrogens with two attached hydrogens (primary N) is 1. The summed E-state index contributed by atoms with van der Waals surface area (Å²) in [5.74, 6) is 0.555. The number of ether oxygens (including phenoxy) is 1. The zero-order valence-electron chi connectivity index (χ0n) is 12.3. The number of aromatic nitrogens is 1. The number of hydrogen-bond acceptors (Lipinski definition) is 4. The largest absolute Gasteiger partial charge is 0.384 e. The Balaban J connectivity index is 1.96. The van der Waals surface area contributed by atoms with Gasteiger partial charge in [-0.1, -0.05) is 13.8 Å². The lowest BCUT2D eigenvalue weighted by Gasteiger charge is -2.35. The van der Waals surface area contributed by atoms with E-state index >= 15 is 0 Å². The maximum atomic E-state index is 12.2. The third kappa shape index (κ3) is 3.48. The maximum Gasteiger partial charge on any atom is 0.251 e. The lowest BCUT2D eigenvalue weighted by Crippen LogP contribution is -2.47. The molecule has 1 aliphatic carbocycles. The molecule has 1 aliphatic rings. The molecule has 0 atom stereocenters. The first kappa shape index (κ1) is 14.8. The van der Waals surface area contributed by atoms with E-state index in [9.17, 15) is 4.79 Å². The van der Waals surface area contributed by atoms with Crippen LogP contribution < -0.4 is 11.1 Å². The quantitative estimate of drug-likeness (QED) is 0.864. The van der Waals surface area contributed by atoms with Crippen LogP contribution >= 0.6 is 0 Å². The molecule has 1 amide bonds. The molecule has 1 saturated carbocycles. The maximum absolute atomic E-state index is 12.2. The van der Waals surface area contributed by atoms with Crippen molar-refractivity contribution in [3.8, 4) is 0 Å². The third-order valence-electron chi connectivity index (χ3n) is 3.55. The van der Waals surface area contributed by atoms with E-state index in [4.69, 9.17) is 10.5 Å². The van der Waals surface area contributed by atoms with Crippen molar-refractivity contribution in [2.75, 3.05) is 12.3 Å². The predicted octanol–water partition coefficient (Wildman–Crippen LogP) is 2.08. The van der Waals surface area contributed by atoms with E-state index in [0.29, 0.717) is 17.5 Å². The SMILES string of the molecule is CCOC1CC(NC(=O)c2cc(N)nc(C(C)C)c2)C1. The molecule has 0 bridgehead atoms. The summed E-state index contributed by atoms with van der Waals surface area (Å²) in [6, 6.07) is 3.64. The minimum Gasteiger partial charge on any atom is -0.384 e. The first-order valence-electron chi connectivity index (χ1n) is 7.19. The summed E-state index contributed by atoms with van der Waals surface area (Å²) in [7, 11) is 0. The lowest BCUT2D eigenvalue weighted by atomic mass is 9.89. The van der Waals surface area contributed by atoms with Crippen LogP contribution in [0.15, 0.2) is 12.1 Å². The summed E-state index contributed by atoms with van der Waals surface area (Å²) in [6.45, 7) is 6.77.